The van der Waals surface area contributed by atoms with Crippen LogP contribution < -0.4 is 14.9 Å². The molecule has 0 saturated carbocycles. The summed E-state index contributed by atoms with van der Waals surface area (Å²) >= 11 is 11.7. The summed E-state index contributed by atoms with van der Waals surface area (Å²) in [5.74, 6) is 0.299. The summed E-state index contributed by atoms with van der Waals surface area (Å²) in [6, 6.07) is 6.96. The average Bonchev–Trinajstić information content (AvgIpc) is 2.59. The van der Waals surface area contributed by atoms with E-state index in [1.807, 2.05) is 23.8 Å². The number of aryl methyl sites for hydroxylation is 1. The number of sulfonamides is 1. The van der Waals surface area contributed by atoms with Crippen molar-refractivity contribution in [2.45, 2.75) is 50.5 Å². The molecule has 0 aromatic heterocycles. The van der Waals surface area contributed by atoms with Gasteiger partial charge in [0.25, 0.3) is 10.0 Å². The molecule has 2 aromatic carbocycles. The summed E-state index contributed by atoms with van der Waals surface area (Å²) in [7, 11) is -2.07. The molecule has 2 N–H and O–H groups in total. The van der Waals surface area contributed by atoms with Crippen molar-refractivity contribution in [2.75, 3.05) is 17.3 Å². The van der Waals surface area contributed by atoms with Crippen LogP contribution in [0.25, 0.3) is 0 Å². The zero-order chi connectivity index (χ0) is 22.4. The lowest BCUT2D eigenvalue weighted by Crippen LogP contribution is -2.45. The molecule has 2 amide bonds. The van der Waals surface area contributed by atoms with Crippen molar-refractivity contribution < 1.29 is 13.2 Å². The SMILES string of the molecule is Cc1cc2c(cc1NC(=O)NS(=O)(=O)c1cc(Cl)cc(Cl)c1)C(C)CC(C)(C)N2C. The van der Waals surface area contributed by atoms with E-state index in [0.717, 1.165) is 23.2 Å². The number of benzene rings is 2. The second kappa shape index (κ2) is 7.94. The Morgan fingerprint density at radius 3 is 2.33 bits per heavy atom. The molecule has 3 rings (SSSR count). The number of nitrogens with zero attached hydrogens (tertiary/aromatic N) is 1. The quantitative estimate of drug-likeness (QED) is 0.618. The zero-order valence-electron chi connectivity index (χ0n) is 17.5. The van der Waals surface area contributed by atoms with Gasteiger partial charge in [-0.05, 0) is 74.6 Å². The lowest BCUT2D eigenvalue weighted by atomic mass is 9.80. The van der Waals surface area contributed by atoms with Crippen molar-refractivity contribution in [3.8, 4) is 0 Å². The maximum atomic E-state index is 12.5. The number of halogens is 2. The van der Waals surface area contributed by atoms with E-state index in [1.165, 1.54) is 18.2 Å². The fourth-order valence-electron chi connectivity index (χ4n) is 3.86. The first-order valence-corrected chi connectivity index (χ1v) is 11.7. The molecule has 0 fully saturated rings. The molecule has 0 spiro atoms. The van der Waals surface area contributed by atoms with E-state index in [1.54, 1.807) is 0 Å². The van der Waals surface area contributed by atoms with Crippen LogP contribution in [0.5, 0.6) is 0 Å². The summed E-state index contributed by atoms with van der Waals surface area (Å²) in [5, 5.41) is 2.98. The largest absolute Gasteiger partial charge is 0.369 e. The number of urea groups is 1. The van der Waals surface area contributed by atoms with Crippen molar-refractivity contribution in [1.29, 1.82) is 0 Å². The van der Waals surface area contributed by atoms with Gasteiger partial charge in [-0.3, -0.25) is 0 Å². The van der Waals surface area contributed by atoms with Crippen LogP contribution in [0, 0.1) is 6.92 Å². The van der Waals surface area contributed by atoms with Gasteiger partial charge in [0.2, 0.25) is 0 Å². The number of hydrogen-bond donors (Lipinski definition) is 2. The van der Waals surface area contributed by atoms with Gasteiger partial charge in [-0.15, -0.1) is 0 Å². The smallest absolute Gasteiger partial charge is 0.333 e. The molecule has 6 nitrogen and oxygen atoms in total. The fourth-order valence-corrected chi connectivity index (χ4v) is 5.50. The van der Waals surface area contributed by atoms with Gasteiger partial charge in [-0.25, -0.2) is 17.9 Å². The maximum Gasteiger partial charge on any atom is 0.333 e. The first-order valence-electron chi connectivity index (χ1n) is 9.48. The predicted molar refractivity (Wildman–Crippen MR) is 122 cm³/mol. The fraction of sp³-hybridized carbons (Fsp3) is 0.381. The molecular formula is C21H25Cl2N3O3S. The lowest BCUT2D eigenvalue weighted by Gasteiger charge is -2.45. The van der Waals surface area contributed by atoms with E-state index < -0.39 is 16.1 Å². The molecule has 162 valence electrons. The van der Waals surface area contributed by atoms with Gasteiger partial charge in [0, 0.05) is 34.0 Å². The van der Waals surface area contributed by atoms with Gasteiger partial charge in [-0.2, -0.15) is 0 Å². The highest BCUT2D eigenvalue weighted by atomic mass is 35.5. The molecule has 30 heavy (non-hydrogen) atoms. The Hall–Kier alpha value is -1.96. The molecule has 1 heterocycles. The lowest BCUT2D eigenvalue weighted by molar-refractivity contribution is 0.256. The van der Waals surface area contributed by atoms with Crippen molar-refractivity contribution in [1.82, 2.24) is 4.72 Å². The summed E-state index contributed by atoms with van der Waals surface area (Å²) < 4.78 is 27.1. The third kappa shape index (κ3) is 4.53. The summed E-state index contributed by atoms with van der Waals surface area (Å²) in [5.41, 5.74) is 3.65. The third-order valence-electron chi connectivity index (χ3n) is 5.60. The van der Waals surface area contributed by atoms with Crippen LogP contribution in [0.3, 0.4) is 0 Å². The first kappa shape index (κ1) is 22.7. The Kier molecular flexibility index (Phi) is 6.02. The van der Waals surface area contributed by atoms with Crippen LogP contribution in [0.1, 0.15) is 44.2 Å². The molecule has 2 aromatic rings. The highest BCUT2D eigenvalue weighted by Gasteiger charge is 2.34. The van der Waals surface area contributed by atoms with E-state index in [0.29, 0.717) is 11.6 Å². The Balaban J connectivity index is 1.85. The molecule has 0 radical (unpaired) electrons. The van der Waals surface area contributed by atoms with Gasteiger partial charge >= 0.3 is 6.03 Å². The average molecular weight is 470 g/mol. The van der Waals surface area contributed by atoms with E-state index in [2.05, 4.69) is 38.0 Å². The van der Waals surface area contributed by atoms with E-state index in [-0.39, 0.29) is 20.5 Å². The maximum absolute atomic E-state index is 12.5. The van der Waals surface area contributed by atoms with Crippen molar-refractivity contribution in [3.05, 3.63) is 51.5 Å². The Bertz CT molecular complexity index is 1100. The monoisotopic (exact) mass is 469 g/mol. The van der Waals surface area contributed by atoms with Crippen LogP contribution in [-0.4, -0.2) is 27.0 Å². The number of nitrogens with one attached hydrogen (secondary N) is 2. The number of carbonyl (C=O) groups is 1. The molecule has 1 aliphatic heterocycles. The molecule has 9 heteroatoms. The molecule has 0 aliphatic carbocycles. The second-order valence-electron chi connectivity index (χ2n) is 8.37. The standard InChI is InChI=1S/C21H25Cl2N3O3S/c1-12-6-19-17(13(2)11-21(3,4)26(19)5)10-18(12)24-20(27)25-30(28,29)16-8-14(22)7-15(23)9-16/h6-10,13H,11H2,1-5H3,(H2,24,25,27). The molecule has 1 aliphatic rings. The normalized spacial score (nSPS) is 18.0. The highest BCUT2D eigenvalue weighted by molar-refractivity contribution is 7.90. The third-order valence-corrected chi connectivity index (χ3v) is 7.35. The Morgan fingerprint density at radius 1 is 1.13 bits per heavy atom. The van der Waals surface area contributed by atoms with Gasteiger partial charge in [0.1, 0.15) is 0 Å². The summed E-state index contributed by atoms with van der Waals surface area (Å²) in [6.45, 7) is 8.43. The number of fused-ring (bicyclic) bond motifs is 1. The second-order valence-corrected chi connectivity index (χ2v) is 10.9. The number of rotatable bonds is 3. The van der Waals surface area contributed by atoms with Crippen molar-refractivity contribution in [2.24, 2.45) is 0 Å². The minimum atomic E-state index is -4.13. The van der Waals surface area contributed by atoms with Crippen LogP contribution in [0.4, 0.5) is 16.2 Å². The number of amides is 2. The minimum Gasteiger partial charge on any atom is -0.369 e. The summed E-state index contributed by atoms with van der Waals surface area (Å²) in [6.07, 6.45) is 0.967. The topological polar surface area (TPSA) is 78.5 Å². The van der Waals surface area contributed by atoms with Crippen LogP contribution in [-0.2, 0) is 10.0 Å². The van der Waals surface area contributed by atoms with E-state index >= 15 is 0 Å². The van der Waals surface area contributed by atoms with Crippen LogP contribution in [0.2, 0.25) is 10.0 Å². The number of hydrogen-bond acceptors (Lipinski definition) is 4. The molecule has 1 unspecified atom stereocenters. The van der Waals surface area contributed by atoms with Gasteiger partial charge in [0.15, 0.2) is 0 Å². The number of carbonyl (C=O) groups excluding carboxylic acids is 1. The van der Waals surface area contributed by atoms with Crippen LogP contribution >= 0.6 is 23.2 Å². The van der Waals surface area contributed by atoms with E-state index in [9.17, 15) is 13.2 Å². The van der Waals surface area contributed by atoms with Gasteiger partial charge in [-0.1, -0.05) is 30.1 Å². The van der Waals surface area contributed by atoms with E-state index in [4.69, 9.17) is 23.2 Å². The Morgan fingerprint density at radius 2 is 1.73 bits per heavy atom. The molecule has 1 atom stereocenters. The molecular weight excluding hydrogens is 445 g/mol. The Labute approximate surface area is 187 Å². The predicted octanol–water partition coefficient (Wildman–Crippen LogP) is 5.53. The van der Waals surface area contributed by atoms with Crippen LogP contribution in [0.15, 0.2) is 35.2 Å². The number of anilines is 2. The molecule has 0 saturated heterocycles. The first-order chi connectivity index (χ1) is 13.8. The van der Waals surface area contributed by atoms with Crippen molar-refractivity contribution in [3.63, 3.8) is 0 Å². The minimum absolute atomic E-state index is 0.0253. The van der Waals surface area contributed by atoms with Gasteiger partial charge < -0.3 is 10.2 Å². The highest BCUT2D eigenvalue weighted by Crippen LogP contribution is 2.44. The van der Waals surface area contributed by atoms with Gasteiger partial charge in [0.05, 0.1) is 4.90 Å². The van der Waals surface area contributed by atoms with Crippen molar-refractivity contribution >= 4 is 50.6 Å². The zero-order valence-corrected chi connectivity index (χ0v) is 19.8. The molecule has 0 bridgehead atoms. The summed E-state index contributed by atoms with van der Waals surface area (Å²) in [4.78, 5) is 14.5.